The van der Waals surface area contributed by atoms with E-state index in [1.165, 1.54) is 0 Å². The smallest absolute Gasteiger partial charge is 0.194 e. The largest absolute Gasteiger partial charge is 0.351 e. The van der Waals surface area contributed by atoms with Crippen LogP contribution in [0.1, 0.15) is 17.0 Å². The molecule has 0 aliphatic carbocycles. The number of rotatable bonds is 5. The first-order valence-corrected chi connectivity index (χ1v) is 9.58. The second-order valence-electron chi connectivity index (χ2n) is 7.01. The lowest BCUT2D eigenvalue weighted by atomic mass is 10.3. The van der Waals surface area contributed by atoms with Gasteiger partial charge < -0.3 is 14.6 Å². The summed E-state index contributed by atoms with van der Waals surface area (Å²) in [5.74, 6) is 0.811. The zero-order valence-electron chi connectivity index (χ0n) is 16.9. The number of aromatic nitrogens is 4. The van der Waals surface area contributed by atoms with Crippen LogP contribution in [-0.4, -0.2) is 44.1 Å². The number of nitrogens with zero attached hydrogens (tertiary/aromatic N) is 6. The molecule has 0 unspecified atom stereocenters. The fourth-order valence-corrected chi connectivity index (χ4v) is 3.35. The molecule has 0 amide bonds. The molecular formula is C22H25N7. The molecule has 0 saturated heterocycles. The molecule has 0 aliphatic rings. The zero-order valence-corrected chi connectivity index (χ0v) is 16.9. The van der Waals surface area contributed by atoms with Crippen molar-refractivity contribution in [2.24, 2.45) is 4.99 Å². The van der Waals surface area contributed by atoms with E-state index in [4.69, 9.17) is 0 Å². The molecule has 7 nitrogen and oxygen atoms in total. The summed E-state index contributed by atoms with van der Waals surface area (Å²) in [7, 11) is 3.81. The summed E-state index contributed by atoms with van der Waals surface area (Å²) in [6.45, 7) is 3.40. The van der Waals surface area contributed by atoms with Crippen LogP contribution in [0.25, 0.3) is 11.3 Å². The van der Waals surface area contributed by atoms with Crippen molar-refractivity contribution in [1.29, 1.82) is 0 Å². The summed E-state index contributed by atoms with van der Waals surface area (Å²) in [6, 6.07) is 16.2. The summed E-state index contributed by atoms with van der Waals surface area (Å²) >= 11 is 0. The lowest BCUT2D eigenvalue weighted by Crippen LogP contribution is -2.38. The van der Waals surface area contributed by atoms with Crippen molar-refractivity contribution in [3.8, 4) is 5.69 Å². The van der Waals surface area contributed by atoms with Crippen LogP contribution in [0.5, 0.6) is 0 Å². The Kier molecular flexibility index (Phi) is 5.29. The van der Waals surface area contributed by atoms with E-state index in [1.807, 2.05) is 66.6 Å². The third-order valence-electron chi connectivity index (χ3n) is 4.82. The predicted octanol–water partition coefficient (Wildman–Crippen LogP) is 3.04. The molecule has 0 atom stereocenters. The molecule has 3 aromatic heterocycles. The van der Waals surface area contributed by atoms with Crippen LogP contribution >= 0.6 is 0 Å². The maximum Gasteiger partial charge on any atom is 0.194 e. The van der Waals surface area contributed by atoms with Gasteiger partial charge in [-0.3, -0.25) is 4.99 Å². The van der Waals surface area contributed by atoms with E-state index >= 15 is 0 Å². The molecule has 0 spiro atoms. The number of benzene rings is 1. The monoisotopic (exact) mass is 387 g/mol. The number of nitrogens with one attached hydrogen (secondary N) is 1. The van der Waals surface area contributed by atoms with Gasteiger partial charge in [0.25, 0.3) is 0 Å². The zero-order chi connectivity index (χ0) is 20.2. The minimum atomic E-state index is 0.613. The molecule has 0 aliphatic heterocycles. The van der Waals surface area contributed by atoms with Gasteiger partial charge in [-0.2, -0.15) is 5.10 Å². The highest BCUT2D eigenvalue weighted by molar-refractivity contribution is 5.79. The lowest BCUT2D eigenvalue weighted by Gasteiger charge is -2.21. The number of para-hydroxylation sites is 1. The van der Waals surface area contributed by atoms with Crippen molar-refractivity contribution in [3.05, 3.63) is 84.1 Å². The molecule has 4 rings (SSSR count). The Morgan fingerprint density at radius 2 is 1.93 bits per heavy atom. The van der Waals surface area contributed by atoms with Gasteiger partial charge in [-0.05, 0) is 31.2 Å². The molecule has 0 fully saturated rings. The normalized spacial score (nSPS) is 11.8. The van der Waals surface area contributed by atoms with E-state index in [2.05, 4.69) is 48.9 Å². The summed E-state index contributed by atoms with van der Waals surface area (Å²) in [5.41, 5.74) is 5.26. The van der Waals surface area contributed by atoms with Crippen LogP contribution in [0.4, 0.5) is 0 Å². The van der Waals surface area contributed by atoms with Crippen LogP contribution in [0.15, 0.2) is 72.1 Å². The van der Waals surface area contributed by atoms with Crippen LogP contribution in [0.2, 0.25) is 0 Å². The maximum atomic E-state index is 4.67. The summed E-state index contributed by atoms with van der Waals surface area (Å²) in [6.07, 6.45) is 6.00. The molecule has 0 bridgehead atoms. The van der Waals surface area contributed by atoms with E-state index in [-0.39, 0.29) is 0 Å². The van der Waals surface area contributed by atoms with E-state index in [0.717, 1.165) is 34.2 Å². The minimum absolute atomic E-state index is 0.613. The highest BCUT2D eigenvalue weighted by atomic mass is 15.3. The number of aryl methyl sites for hydroxylation is 1. The average molecular weight is 387 g/mol. The molecule has 0 radical (unpaired) electrons. The average Bonchev–Trinajstić information content (AvgIpc) is 3.37. The van der Waals surface area contributed by atoms with Gasteiger partial charge >= 0.3 is 0 Å². The molecule has 29 heavy (non-hydrogen) atoms. The topological polar surface area (TPSA) is 62.8 Å². The number of hydrogen-bond donors (Lipinski definition) is 1. The standard InChI is InChI=1S/C22H25N7/c1-17-8-7-11-21-26-19(16-28(17)21)13-24-22(23-2)27(3)14-18-12-25-29(15-18)20-9-5-4-6-10-20/h4-12,15-16H,13-14H2,1-3H3,(H,23,24). The number of guanidine groups is 1. The SMILES string of the molecule is CN=C(NCc1cn2c(C)cccc2n1)N(C)Cc1cnn(-c2ccccc2)c1. The van der Waals surface area contributed by atoms with Gasteiger partial charge in [0.1, 0.15) is 5.65 Å². The Hall–Kier alpha value is -3.61. The number of imidazole rings is 1. The predicted molar refractivity (Wildman–Crippen MR) is 115 cm³/mol. The van der Waals surface area contributed by atoms with Gasteiger partial charge in [-0.25, -0.2) is 9.67 Å². The van der Waals surface area contributed by atoms with Gasteiger partial charge in [0, 0.05) is 44.3 Å². The van der Waals surface area contributed by atoms with Crippen molar-refractivity contribution in [1.82, 2.24) is 29.4 Å². The summed E-state index contributed by atoms with van der Waals surface area (Å²) in [4.78, 5) is 11.2. The molecule has 3 heterocycles. The van der Waals surface area contributed by atoms with Gasteiger partial charge in [-0.15, -0.1) is 0 Å². The van der Waals surface area contributed by atoms with E-state index in [9.17, 15) is 0 Å². The third-order valence-corrected chi connectivity index (χ3v) is 4.82. The van der Waals surface area contributed by atoms with Gasteiger partial charge in [0.2, 0.25) is 0 Å². The van der Waals surface area contributed by atoms with Crippen LogP contribution < -0.4 is 5.32 Å². The van der Waals surface area contributed by atoms with E-state index < -0.39 is 0 Å². The first kappa shape index (κ1) is 18.7. The van der Waals surface area contributed by atoms with Crippen LogP contribution in [-0.2, 0) is 13.1 Å². The number of hydrogen-bond acceptors (Lipinski definition) is 3. The van der Waals surface area contributed by atoms with Gasteiger partial charge in [-0.1, -0.05) is 24.3 Å². The second kappa shape index (κ2) is 8.18. The van der Waals surface area contributed by atoms with Crippen molar-refractivity contribution >= 4 is 11.6 Å². The molecule has 0 saturated carbocycles. The molecule has 1 N–H and O–H groups in total. The van der Waals surface area contributed by atoms with Crippen molar-refractivity contribution in [2.75, 3.05) is 14.1 Å². The quantitative estimate of drug-likeness (QED) is 0.422. The van der Waals surface area contributed by atoms with Crippen LogP contribution in [0.3, 0.4) is 0 Å². The Bertz CT molecular complexity index is 1120. The molecule has 148 valence electrons. The number of aliphatic imine (C=N–C) groups is 1. The van der Waals surface area contributed by atoms with Crippen molar-refractivity contribution < 1.29 is 0 Å². The Morgan fingerprint density at radius 1 is 1.10 bits per heavy atom. The Labute approximate surface area is 170 Å². The van der Waals surface area contributed by atoms with E-state index in [1.54, 1.807) is 7.05 Å². The Balaban J connectivity index is 1.40. The van der Waals surface area contributed by atoms with Gasteiger partial charge in [0.05, 0.1) is 24.1 Å². The molecule has 1 aromatic carbocycles. The molecular weight excluding hydrogens is 362 g/mol. The fourth-order valence-electron chi connectivity index (χ4n) is 3.35. The van der Waals surface area contributed by atoms with E-state index in [0.29, 0.717) is 13.1 Å². The van der Waals surface area contributed by atoms with Gasteiger partial charge in [0.15, 0.2) is 5.96 Å². The number of pyridine rings is 1. The van der Waals surface area contributed by atoms with Crippen molar-refractivity contribution in [2.45, 2.75) is 20.0 Å². The second-order valence-corrected chi connectivity index (χ2v) is 7.01. The maximum absolute atomic E-state index is 4.67. The summed E-state index contributed by atoms with van der Waals surface area (Å²) in [5, 5.41) is 7.87. The van der Waals surface area contributed by atoms with Crippen molar-refractivity contribution in [3.63, 3.8) is 0 Å². The minimum Gasteiger partial charge on any atom is -0.351 e. The first-order valence-electron chi connectivity index (χ1n) is 9.58. The first-order chi connectivity index (χ1) is 14.1. The molecule has 4 aromatic rings. The fraction of sp³-hybridized carbons (Fsp3) is 0.227. The number of fused-ring (bicyclic) bond motifs is 1. The Morgan fingerprint density at radius 3 is 2.69 bits per heavy atom. The highest BCUT2D eigenvalue weighted by Gasteiger charge is 2.10. The lowest BCUT2D eigenvalue weighted by molar-refractivity contribution is 0.476. The van der Waals surface area contributed by atoms with Crippen LogP contribution in [0, 0.1) is 6.92 Å². The third kappa shape index (κ3) is 4.13. The molecule has 7 heteroatoms. The highest BCUT2D eigenvalue weighted by Crippen LogP contribution is 2.10. The summed E-state index contributed by atoms with van der Waals surface area (Å²) < 4.78 is 3.99.